The van der Waals surface area contributed by atoms with Crippen LogP contribution in [0.2, 0.25) is 0 Å². The number of rotatable bonds is 4. The highest BCUT2D eigenvalue weighted by molar-refractivity contribution is 5.76. The summed E-state index contributed by atoms with van der Waals surface area (Å²) in [4.78, 5) is 15.9. The number of carbonyl (C=O) groups excluding carboxylic acids is 1. The number of nitrogens with one attached hydrogen (secondary N) is 1. The van der Waals surface area contributed by atoms with E-state index < -0.39 is 6.04 Å². The van der Waals surface area contributed by atoms with E-state index in [1.165, 1.54) is 12.1 Å². The highest BCUT2D eigenvalue weighted by Crippen LogP contribution is 2.21. The van der Waals surface area contributed by atoms with E-state index in [9.17, 15) is 9.18 Å². The Morgan fingerprint density at radius 3 is 2.89 bits per heavy atom. The molecule has 1 N–H and O–H groups in total. The Balaban J connectivity index is 2.40. The maximum absolute atomic E-state index is 13.3. The number of nitrogens with zero attached hydrogens (tertiary/aromatic N) is 2. The molecule has 1 heterocycles. The molecule has 0 saturated heterocycles. The van der Waals surface area contributed by atoms with Crippen molar-refractivity contribution < 1.29 is 9.18 Å². The van der Waals surface area contributed by atoms with Crippen LogP contribution in [0.25, 0.3) is 0 Å². The Morgan fingerprint density at radius 2 is 2.32 bits per heavy atom. The fourth-order valence-electron chi connectivity index (χ4n) is 1.90. The molecule has 0 unspecified atom stereocenters. The van der Waals surface area contributed by atoms with Gasteiger partial charge in [0.25, 0.3) is 0 Å². The molecular formula is C14H16FN3O. The predicted octanol–water partition coefficient (Wildman–Crippen LogP) is 2.17. The van der Waals surface area contributed by atoms with Crippen LogP contribution in [0.5, 0.6) is 0 Å². The maximum atomic E-state index is 13.3. The molecule has 0 aliphatic heterocycles. The van der Waals surface area contributed by atoms with E-state index in [0.717, 1.165) is 0 Å². The van der Waals surface area contributed by atoms with E-state index in [-0.39, 0.29) is 11.7 Å². The molecule has 0 bridgehead atoms. The summed E-state index contributed by atoms with van der Waals surface area (Å²) in [7, 11) is 1.84. The molecule has 2 aromatic rings. The number of imidazole rings is 1. The van der Waals surface area contributed by atoms with Crippen LogP contribution in [-0.2, 0) is 11.8 Å². The minimum absolute atomic E-state index is 0.0998. The molecule has 0 aliphatic rings. The van der Waals surface area contributed by atoms with Crippen LogP contribution in [0, 0.1) is 5.82 Å². The second-order valence-electron chi connectivity index (χ2n) is 4.31. The molecule has 1 aromatic carbocycles. The largest absolute Gasteiger partial charge is 0.342 e. The van der Waals surface area contributed by atoms with Crippen molar-refractivity contribution in [3.63, 3.8) is 0 Å². The molecule has 0 saturated carbocycles. The molecule has 1 aromatic heterocycles. The Morgan fingerprint density at radius 1 is 1.53 bits per heavy atom. The van der Waals surface area contributed by atoms with Crippen molar-refractivity contribution in [2.24, 2.45) is 7.05 Å². The van der Waals surface area contributed by atoms with Gasteiger partial charge in [-0.2, -0.15) is 0 Å². The van der Waals surface area contributed by atoms with Crippen molar-refractivity contribution >= 4 is 5.91 Å². The monoisotopic (exact) mass is 261 g/mol. The zero-order chi connectivity index (χ0) is 13.8. The fourth-order valence-corrected chi connectivity index (χ4v) is 1.90. The summed E-state index contributed by atoms with van der Waals surface area (Å²) in [5.41, 5.74) is 0.677. The zero-order valence-electron chi connectivity index (χ0n) is 10.9. The average molecular weight is 261 g/mol. The lowest BCUT2D eigenvalue weighted by atomic mass is 10.1. The summed E-state index contributed by atoms with van der Waals surface area (Å²) in [5.74, 6) is 0.243. The Kier molecular flexibility index (Phi) is 3.94. The van der Waals surface area contributed by atoms with E-state index in [1.807, 2.05) is 11.6 Å². The molecule has 5 heteroatoms. The first-order valence-corrected chi connectivity index (χ1v) is 6.14. The number of halogens is 1. The highest BCUT2D eigenvalue weighted by atomic mass is 19.1. The third-order valence-corrected chi connectivity index (χ3v) is 2.93. The zero-order valence-corrected chi connectivity index (χ0v) is 10.9. The quantitative estimate of drug-likeness (QED) is 0.917. The van der Waals surface area contributed by atoms with Crippen LogP contribution in [0.1, 0.15) is 30.8 Å². The van der Waals surface area contributed by atoms with E-state index in [2.05, 4.69) is 10.3 Å². The van der Waals surface area contributed by atoms with E-state index >= 15 is 0 Å². The van der Waals surface area contributed by atoms with Crippen LogP contribution in [0.4, 0.5) is 4.39 Å². The Bertz CT molecular complexity index is 580. The number of amides is 1. The van der Waals surface area contributed by atoms with Crippen LogP contribution in [-0.4, -0.2) is 15.5 Å². The molecule has 0 fully saturated rings. The lowest BCUT2D eigenvalue weighted by Gasteiger charge is -2.18. The second kappa shape index (κ2) is 5.65. The van der Waals surface area contributed by atoms with Gasteiger partial charge in [0.1, 0.15) is 17.7 Å². The molecule has 0 radical (unpaired) electrons. The van der Waals surface area contributed by atoms with Crippen molar-refractivity contribution in [1.29, 1.82) is 0 Å². The molecule has 0 spiro atoms. The second-order valence-corrected chi connectivity index (χ2v) is 4.31. The summed E-state index contributed by atoms with van der Waals surface area (Å²) in [6, 6.07) is 5.75. The van der Waals surface area contributed by atoms with Crippen molar-refractivity contribution in [3.8, 4) is 0 Å². The number of carbonyl (C=O) groups is 1. The van der Waals surface area contributed by atoms with Gasteiger partial charge in [0.15, 0.2) is 0 Å². The first-order chi connectivity index (χ1) is 9.11. The fraction of sp³-hybridized carbons (Fsp3) is 0.286. The third-order valence-electron chi connectivity index (χ3n) is 2.93. The first-order valence-electron chi connectivity index (χ1n) is 6.14. The van der Waals surface area contributed by atoms with Crippen molar-refractivity contribution in [2.75, 3.05) is 0 Å². The number of aryl methyl sites for hydroxylation is 1. The predicted molar refractivity (Wildman–Crippen MR) is 69.9 cm³/mol. The molecule has 1 atom stereocenters. The highest BCUT2D eigenvalue weighted by Gasteiger charge is 2.20. The first kappa shape index (κ1) is 13.3. The Hall–Kier alpha value is -2.17. The minimum Gasteiger partial charge on any atom is -0.342 e. The van der Waals surface area contributed by atoms with Crippen LogP contribution in [0.3, 0.4) is 0 Å². The minimum atomic E-state index is -0.442. The summed E-state index contributed by atoms with van der Waals surface area (Å²) in [5, 5.41) is 2.86. The van der Waals surface area contributed by atoms with Gasteiger partial charge in [0.2, 0.25) is 5.91 Å². The number of benzene rings is 1. The van der Waals surface area contributed by atoms with E-state index in [1.54, 1.807) is 31.5 Å². The summed E-state index contributed by atoms with van der Waals surface area (Å²) >= 11 is 0. The molecule has 1 amide bonds. The molecule has 2 rings (SSSR count). The van der Waals surface area contributed by atoms with Gasteiger partial charge in [-0.15, -0.1) is 0 Å². The van der Waals surface area contributed by atoms with Crippen LogP contribution >= 0.6 is 0 Å². The lowest BCUT2D eigenvalue weighted by molar-refractivity contribution is -0.121. The summed E-state index contributed by atoms with van der Waals surface area (Å²) in [6.07, 6.45) is 3.82. The van der Waals surface area contributed by atoms with Gasteiger partial charge in [-0.3, -0.25) is 4.79 Å². The molecule has 19 heavy (non-hydrogen) atoms. The standard InChI is InChI=1S/C14H16FN3O/c1-3-12(19)17-13(14-16-7-8-18(14)2)10-5-4-6-11(15)9-10/h4-9,13H,3H2,1-2H3,(H,17,19)/t13-/m0/s1. The molecule has 100 valence electrons. The van der Waals surface area contributed by atoms with Gasteiger partial charge >= 0.3 is 0 Å². The lowest BCUT2D eigenvalue weighted by Crippen LogP contribution is -2.30. The van der Waals surface area contributed by atoms with Crippen LogP contribution in [0.15, 0.2) is 36.7 Å². The van der Waals surface area contributed by atoms with Crippen molar-refractivity contribution in [2.45, 2.75) is 19.4 Å². The topological polar surface area (TPSA) is 46.9 Å². The SMILES string of the molecule is CCC(=O)N[C@@H](c1cccc(F)c1)c1nccn1C. The van der Waals surface area contributed by atoms with Gasteiger partial charge in [-0.25, -0.2) is 9.37 Å². The van der Waals surface area contributed by atoms with Crippen molar-refractivity contribution in [1.82, 2.24) is 14.9 Å². The molecule has 4 nitrogen and oxygen atoms in total. The molecular weight excluding hydrogens is 245 g/mol. The smallest absolute Gasteiger partial charge is 0.220 e. The molecule has 0 aliphatic carbocycles. The number of aromatic nitrogens is 2. The van der Waals surface area contributed by atoms with Gasteiger partial charge < -0.3 is 9.88 Å². The maximum Gasteiger partial charge on any atom is 0.220 e. The number of hydrogen-bond acceptors (Lipinski definition) is 2. The normalized spacial score (nSPS) is 12.2. The van der Waals surface area contributed by atoms with Crippen molar-refractivity contribution in [3.05, 3.63) is 53.9 Å². The van der Waals surface area contributed by atoms with E-state index in [0.29, 0.717) is 17.8 Å². The summed E-state index contributed by atoms with van der Waals surface area (Å²) < 4.78 is 15.2. The van der Waals surface area contributed by atoms with Gasteiger partial charge in [0, 0.05) is 25.9 Å². The average Bonchev–Trinajstić information content (AvgIpc) is 2.81. The third kappa shape index (κ3) is 2.99. The number of hydrogen-bond donors (Lipinski definition) is 1. The Labute approximate surface area is 111 Å². The van der Waals surface area contributed by atoms with E-state index in [4.69, 9.17) is 0 Å². The summed E-state index contributed by atoms with van der Waals surface area (Å²) in [6.45, 7) is 1.77. The van der Waals surface area contributed by atoms with Crippen LogP contribution < -0.4 is 5.32 Å². The van der Waals surface area contributed by atoms with Gasteiger partial charge in [0.05, 0.1) is 0 Å². The van der Waals surface area contributed by atoms with Gasteiger partial charge in [-0.1, -0.05) is 19.1 Å². The van der Waals surface area contributed by atoms with Gasteiger partial charge in [-0.05, 0) is 17.7 Å².